The van der Waals surface area contributed by atoms with Gasteiger partial charge in [-0.3, -0.25) is 4.79 Å². The number of benzene rings is 2. The van der Waals surface area contributed by atoms with Crippen molar-refractivity contribution in [2.24, 2.45) is 0 Å². The number of ether oxygens (including phenoxy) is 1. The topological polar surface area (TPSA) is 26.3 Å². The molecular weight excluding hydrogens is 248 g/mol. The molecule has 2 nitrogen and oxygen atoms in total. The molecule has 1 atom stereocenters. The second kappa shape index (κ2) is 4.97. The van der Waals surface area contributed by atoms with Gasteiger partial charge in [-0.1, -0.05) is 48.5 Å². The molecule has 3 rings (SSSR count). The van der Waals surface area contributed by atoms with Crippen LogP contribution < -0.4 is 4.74 Å². The van der Waals surface area contributed by atoms with Gasteiger partial charge in [0, 0.05) is 6.42 Å². The van der Waals surface area contributed by atoms with E-state index < -0.39 is 5.60 Å². The van der Waals surface area contributed by atoms with Crippen molar-refractivity contribution in [1.29, 1.82) is 0 Å². The number of fused-ring (bicyclic) bond motifs is 1. The van der Waals surface area contributed by atoms with Crippen molar-refractivity contribution in [2.75, 3.05) is 0 Å². The molecule has 0 N–H and O–H groups in total. The molecule has 2 heteroatoms. The fourth-order valence-electron chi connectivity index (χ4n) is 2.75. The van der Waals surface area contributed by atoms with Gasteiger partial charge in [-0.15, -0.1) is 6.58 Å². The van der Waals surface area contributed by atoms with E-state index in [0.717, 1.165) is 5.56 Å². The number of para-hydroxylation sites is 1. The molecule has 0 amide bonds. The van der Waals surface area contributed by atoms with Crippen molar-refractivity contribution >= 4 is 5.78 Å². The molecule has 0 bridgehead atoms. The van der Waals surface area contributed by atoms with E-state index in [9.17, 15) is 4.79 Å². The number of carbonyl (C=O) groups excluding carboxylic acids is 1. The first-order valence-corrected chi connectivity index (χ1v) is 6.73. The van der Waals surface area contributed by atoms with Crippen LogP contribution in [0.25, 0.3) is 0 Å². The van der Waals surface area contributed by atoms with Crippen LogP contribution in [0.4, 0.5) is 0 Å². The van der Waals surface area contributed by atoms with Gasteiger partial charge in [0.05, 0.1) is 12.0 Å². The Morgan fingerprint density at radius 1 is 1.10 bits per heavy atom. The van der Waals surface area contributed by atoms with E-state index in [0.29, 0.717) is 24.2 Å². The van der Waals surface area contributed by atoms with Gasteiger partial charge in [0.2, 0.25) is 0 Å². The van der Waals surface area contributed by atoms with Crippen molar-refractivity contribution in [2.45, 2.75) is 18.4 Å². The minimum absolute atomic E-state index is 0.123. The predicted octanol–water partition coefficient (Wildman–Crippen LogP) is 4.12. The summed E-state index contributed by atoms with van der Waals surface area (Å²) >= 11 is 0. The van der Waals surface area contributed by atoms with Crippen LogP contribution in [-0.4, -0.2) is 5.78 Å². The van der Waals surface area contributed by atoms with Crippen LogP contribution in [0.3, 0.4) is 0 Å². The number of hydrogen-bond acceptors (Lipinski definition) is 2. The zero-order valence-electron chi connectivity index (χ0n) is 11.2. The van der Waals surface area contributed by atoms with E-state index >= 15 is 0 Å². The van der Waals surface area contributed by atoms with Crippen LogP contribution in [0.5, 0.6) is 5.75 Å². The average molecular weight is 264 g/mol. The molecular formula is C18H16O2. The Morgan fingerprint density at radius 3 is 2.55 bits per heavy atom. The third-order valence-electron chi connectivity index (χ3n) is 3.71. The van der Waals surface area contributed by atoms with Gasteiger partial charge in [-0.05, 0) is 17.7 Å². The molecule has 2 aromatic rings. The lowest BCUT2D eigenvalue weighted by Crippen LogP contribution is -2.39. The Bertz CT molecular complexity index is 645. The Balaban J connectivity index is 2.10. The normalized spacial score (nSPS) is 20.9. The second-order valence-corrected chi connectivity index (χ2v) is 5.05. The minimum atomic E-state index is -0.631. The summed E-state index contributed by atoms with van der Waals surface area (Å²) in [6.45, 7) is 3.82. The van der Waals surface area contributed by atoms with E-state index in [2.05, 4.69) is 6.58 Å². The summed E-state index contributed by atoms with van der Waals surface area (Å²) in [4.78, 5) is 12.4. The van der Waals surface area contributed by atoms with Crippen LogP contribution in [0.2, 0.25) is 0 Å². The van der Waals surface area contributed by atoms with E-state index in [-0.39, 0.29) is 5.78 Å². The van der Waals surface area contributed by atoms with Gasteiger partial charge >= 0.3 is 0 Å². The van der Waals surface area contributed by atoms with E-state index in [4.69, 9.17) is 4.74 Å². The summed E-state index contributed by atoms with van der Waals surface area (Å²) in [5.41, 5.74) is 1.06. The van der Waals surface area contributed by atoms with E-state index in [1.54, 1.807) is 0 Å². The molecule has 0 aliphatic carbocycles. The largest absolute Gasteiger partial charge is 0.481 e. The quantitative estimate of drug-likeness (QED) is 0.779. The lowest BCUT2D eigenvalue weighted by Gasteiger charge is -2.37. The average Bonchev–Trinajstić information content (AvgIpc) is 2.48. The highest BCUT2D eigenvalue weighted by Gasteiger charge is 2.40. The summed E-state index contributed by atoms with van der Waals surface area (Å²) in [5, 5.41) is 0. The maximum absolute atomic E-state index is 12.4. The molecule has 0 saturated heterocycles. The number of hydrogen-bond donors (Lipinski definition) is 0. The Morgan fingerprint density at radius 2 is 1.80 bits per heavy atom. The monoisotopic (exact) mass is 264 g/mol. The predicted molar refractivity (Wildman–Crippen MR) is 79.0 cm³/mol. The number of ketones is 1. The molecule has 100 valence electrons. The van der Waals surface area contributed by atoms with Crippen molar-refractivity contribution in [3.63, 3.8) is 0 Å². The highest BCUT2D eigenvalue weighted by atomic mass is 16.5. The summed E-state index contributed by atoms with van der Waals surface area (Å²) in [6, 6.07) is 17.3. The van der Waals surface area contributed by atoms with Gasteiger partial charge in [0.25, 0.3) is 0 Å². The maximum atomic E-state index is 12.4. The highest BCUT2D eigenvalue weighted by Crippen LogP contribution is 2.41. The smallest absolute Gasteiger partial charge is 0.170 e. The van der Waals surface area contributed by atoms with E-state index in [1.807, 2.05) is 60.7 Å². The lowest BCUT2D eigenvalue weighted by molar-refractivity contribution is 0.0399. The molecule has 1 heterocycles. The van der Waals surface area contributed by atoms with Crippen LogP contribution >= 0.6 is 0 Å². The highest BCUT2D eigenvalue weighted by molar-refractivity contribution is 6.00. The first-order valence-electron chi connectivity index (χ1n) is 6.73. The molecule has 1 aliphatic heterocycles. The molecule has 2 aromatic carbocycles. The van der Waals surface area contributed by atoms with Crippen molar-refractivity contribution < 1.29 is 9.53 Å². The Labute approximate surface area is 118 Å². The molecule has 0 spiro atoms. The molecule has 0 aromatic heterocycles. The zero-order chi connectivity index (χ0) is 14.0. The van der Waals surface area contributed by atoms with Gasteiger partial charge in [0.1, 0.15) is 11.4 Å². The summed E-state index contributed by atoms with van der Waals surface area (Å²) in [6.07, 6.45) is 2.77. The third-order valence-corrected chi connectivity index (χ3v) is 3.71. The first kappa shape index (κ1) is 12.7. The van der Waals surface area contributed by atoms with Crippen LogP contribution in [0.15, 0.2) is 67.3 Å². The van der Waals surface area contributed by atoms with Crippen molar-refractivity contribution in [3.8, 4) is 5.75 Å². The van der Waals surface area contributed by atoms with Crippen LogP contribution in [0, 0.1) is 0 Å². The molecule has 20 heavy (non-hydrogen) atoms. The minimum Gasteiger partial charge on any atom is -0.481 e. The number of Topliss-reactive ketones (excluding diaryl/α,β-unsaturated/α-hetero) is 1. The van der Waals surface area contributed by atoms with Crippen LogP contribution in [-0.2, 0) is 5.60 Å². The number of carbonyl (C=O) groups is 1. The van der Waals surface area contributed by atoms with E-state index in [1.165, 1.54) is 0 Å². The summed E-state index contributed by atoms with van der Waals surface area (Å²) < 4.78 is 6.22. The number of rotatable bonds is 3. The Hall–Kier alpha value is -2.35. The van der Waals surface area contributed by atoms with Gasteiger partial charge in [-0.25, -0.2) is 0 Å². The second-order valence-electron chi connectivity index (χ2n) is 5.05. The fourth-order valence-corrected chi connectivity index (χ4v) is 2.75. The van der Waals surface area contributed by atoms with Crippen molar-refractivity contribution in [3.05, 3.63) is 78.4 Å². The standard InChI is InChI=1S/C18H16O2/c1-2-12-18(14-8-4-3-5-9-14)13-16(19)15-10-6-7-11-17(15)20-18/h2-11H,1,12-13H2. The third kappa shape index (κ3) is 2.03. The molecule has 0 fully saturated rings. The molecule has 0 radical (unpaired) electrons. The summed E-state index contributed by atoms with van der Waals surface area (Å²) in [7, 11) is 0. The fraction of sp³-hybridized carbons (Fsp3) is 0.167. The van der Waals surface area contributed by atoms with Crippen LogP contribution in [0.1, 0.15) is 28.8 Å². The summed E-state index contributed by atoms with van der Waals surface area (Å²) in [5.74, 6) is 0.784. The first-order chi connectivity index (χ1) is 9.75. The zero-order valence-corrected chi connectivity index (χ0v) is 11.2. The maximum Gasteiger partial charge on any atom is 0.170 e. The lowest BCUT2D eigenvalue weighted by atomic mass is 9.82. The Kier molecular flexibility index (Phi) is 3.15. The van der Waals surface area contributed by atoms with Gasteiger partial charge in [0.15, 0.2) is 5.78 Å². The SMILES string of the molecule is C=CCC1(c2ccccc2)CC(=O)c2ccccc2O1. The molecule has 1 aliphatic rings. The van der Waals surface area contributed by atoms with Gasteiger partial charge < -0.3 is 4.74 Å². The molecule has 1 unspecified atom stereocenters. The molecule has 0 saturated carbocycles. The van der Waals surface area contributed by atoms with Crippen molar-refractivity contribution in [1.82, 2.24) is 0 Å². The van der Waals surface area contributed by atoms with Gasteiger partial charge in [-0.2, -0.15) is 0 Å².